The molecule has 2 aromatic rings. The number of thiophene rings is 1. The van der Waals surface area contributed by atoms with Gasteiger partial charge in [-0.1, -0.05) is 18.2 Å². The molecule has 2 nitrogen and oxygen atoms in total. The van der Waals surface area contributed by atoms with Crippen molar-refractivity contribution in [1.82, 2.24) is 0 Å². The summed E-state index contributed by atoms with van der Waals surface area (Å²) < 4.78 is 6.41. The van der Waals surface area contributed by atoms with E-state index in [0.29, 0.717) is 6.42 Å². The van der Waals surface area contributed by atoms with Crippen molar-refractivity contribution in [2.75, 3.05) is 0 Å². The van der Waals surface area contributed by atoms with Gasteiger partial charge in [-0.15, -0.1) is 23.7 Å². The minimum atomic E-state index is -0.324. The first-order valence-corrected chi connectivity index (χ1v) is 6.11. The normalized spacial score (nSPS) is 12.0. The highest BCUT2D eigenvalue weighted by Crippen LogP contribution is 2.33. The van der Waals surface area contributed by atoms with Gasteiger partial charge in [0, 0.05) is 16.5 Å². The van der Waals surface area contributed by atoms with Gasteiger partial charge in [-0.3, -0.25) is 4.79 Å². The van der Waals surface area contributed by atoms with Gasteiger partial charge in [0.1, 0.15) is 6.10 Å². The van der Waals surface area contributed by atoms with Crippen molar-refractivity contribution in [3.63, 3.8) is 0 Å². The molecule has 17 heavy (non-hydrogen) atoms. The van der Waals surface area contributed by atoms with Gasteiger partial charge in [0.25, 0.3) is 0 Å². The first-order valence-electron chi connectivity index (χ1n) is 5.30. The lowest BCUT2D eigenvalue weighted by molar-refractivity contribution is -0.146. The lowest BCUT2D eigenvalue weighted by atomic mass is 10.2. The van der Waals surface area contributed by atoms with E-state index in [2.05, 4.69) is 5.92 Å². The van der Waals surface area contributed by atoms with Crippen LogP contribution in [-0.4, -0.2) is 5.97 Å². The Bertz CT molecular complexity index is 544. The molecule has 0 saturated carbocycles. The largest absolute Gasteiger partial charge is 0.456 e. The Kier molecular flexibility index (Phi) is 3.46. The van der Waals surface area contributed by atoms with Crippen LogP contribution in [0.5, 0.6) is 0 Å². The smallest absolute Gasteiger partial charge is 0.303 e. The number of hydrogen-bond donors (Lipinski definition) is 0. The number of esters is 1. The minimum Gasteiger partial charge on any atom is -0.456 e. The van der Waals surface area contributed by atoms with E-state index in [0.717, 1.165) is 10.3 Å². The second-order valence-corrected chi connectivity index (χ2v) is 4.81. The van der Waals surface area contributed by atoms with E-state index < -0.39 is 0 Å². The zero-order valence-electron chi connectivity index (χ0n) is 9.47. The molecule has 3 heteroatoms. The number of carbonyl (C=O) groups is 1. The molecule has 0 bridgehead atoms. The number of fused-ring (bicyclic) bond motifs is 1. The van der Waals surface area contributed by atoms with Gasteiger partial charge in [-0.05, 0) is 17.5 Å². The van der Waals surface area contributed by atoms with E-state index in [1.54, 1.807) is 11.3 Å². The van der Waals surface area contributed by atoms with E-state index in [-0.39, 0.29) is 12.1 Å². The van der Waals surface area contributed by atoms with Gasteiger partial charge in [-0.2, -0.15) is 0 Å². The third-order valence-corrected chi connectivity index (χ3v) is 3.58. The van der Waals surface area contributed by atoms with E-state index >= 15 is 0 Å². The van der Waals surface area contributed by atoms with Crippen LogP contribution in [0, 0.1) is 12.3 Å². The van der Waals surface area contributed by atoms with Crippen LogP contribution in [0.1, 0.15) is 24.3 Å². The van der Waals surface area contributed by atoms with Crippen molar-refractivity contribution in [3.05, 3.63) is 35.2 Å². The number of ether oxygens (including phenoxy) is 1. The predicted octanol–water partition coefficient (Wildman–Crippen LogP) is 3.53. The molecule has 1 aromatic heterocycles. The Labute approximate surface area is 104 Å². The zero-order chi connectivity index (χ0) is 12.3. The molecule has 1 aromatic carbocycles. The number of benzene rings is 1. The van der Waals surface area contributed by atoms with Crippen molar-refractivity contribution >= 4 is 27.4 Å². The van der Waals surface area contributed by atoms with Crippen molar-refractivity contribution in [3.8, 4) is 12.3 Å². The molecule has 1 atom stereocenters. The van der Waals surface area contributed by atoms with Crippen LogP contribution in [0.4, 0.5) is 0 Å². The SMILES string of the molecule is C#CCC(OC(C)=O)c1cc2ccccc2s1. The maximum Gasteiger partial charge on any atom is 0.303 e. The van der Waals surface area contributed by atoms with Crippen molar-refractivity contribution in [1.29, 1.82) is 0 Å². The molecule has 0 aliphatic rings. The first-order chi connectivity index (χ1) is 8.20. The fourth-order valence-electron chi connectivity index (χ4n) is 1.67. The van der Waals surface area contributed by atoms with Crippen LogP contribution in [0.2, 0.25) is 0 Å². The molecule has 0 amide bonds. The van der Waals surface area contributed by atoms with Gasteiger partial charge in [0.05, 0.1) is 6.42 Å². The monoisotopic (exact) mass is 244 g/mol. The van der Waals surface area contributed by atoms with Gasteiger partial charge >= 0.3 is 5.97 Å². The molecule has 86 valence electrons. The highest BCUT2D eigenvalue weighted by atomic mass is 32.1. The third-order valence-electron chi connectivity index (χ3n) is 2.37. The van der Waals surface area contributed by atoms with Gasteiger partial charge in [0.2, 0.25) is 0 Å². The Morgan fingerprint density at radius 2 is 2.29 bits per heavy atom. The van der Waals surface area contributed by atoms with Crippen LogP contribution in [0.25, 0.3) is 10.1 Å². The van der Waals surface area contributed by atoms with Gasteiger partial charge in [0.15, 0.2) is 0 Å². The number of hydrogen-bond acceptors (Lipinski definition) is 3. The van der Waals surface area contributed by atoms with Crippen molar-refractivity contribution in [2.24, 2.45) is 0 Å². The maximum absolute atomic E-state index is 11.0. The molecule has 1 unspecified atom stereocenters. The summed E-state index contributed by atoms with van der Waals surface area (Å²) in [5.41, 5.74) is 0. The molecule has 0 N–H and O–H groups in total. The van der Waals surface area contributed by atoms with E-state index in [4.69, 9.17) is 11.2 Å². The molecule has 0 fully saturated rings. The quantitative estimate of drug-likeness (QED) is 0.610. The summed E-state index contributed by atoms with van der Waals surface area (Å²) in [5.74, 6) is 2.24. The molecule has 0 spiro atoms. The number of terminal acetylenes is 1. The molecule has 0 aliphatic heterocycles. The average molecular weight is 244 g/mol. The second-order valence-electron chi connectivity index (χ2n) is 3.69. The summed E-state index contributed by atoms with van der Waals surface area (Å²) in [7, 11) is 0. The van der Waals surface area contributed by atoms with Crippen molar-refractivity contribution < 1.29 is 9.53 Å². The van der Waals surface area contributed by atoms with E-state index in [1.807, 2.05) is 30.3 Å². The standard InChI is InChI=1S/C14H12O2S/c1-3-6-12(16-10(2)15)14-9-11-7-4-5-8-13(11)17-14/h1,4-5,7-9,12H,6H2,2H3. The zero-order valence-corrected chi connectivity index (χ0v) is 10.3. The van der Waals surface area contributed by atoms with Crippen LogP contribution in [0.15, 0.2) is 30.3 Å². The molecule has 0 aliphatic carbocycles. The van der Waals surface area contributed by atoms with Crippen LogP contribution >= 0.6 is 11.3 Å². The molecule has 0 saturated heterocycles. The molecule has 0 radical (unpaired) electrons. The lowest BCUT2D eigenvalue weighted by Crippen LogP contribution is -2.06. The fourth-order valence-corrected chi connectivity index (χ4v) is 2.76. The fraction of sp³-hybridized carbons (Fsp3) is 0.214. The van der Waals surface area contributed by atoms with Gasteiger partial charge in [-0.25, -0.2) is 0 Å². The lowest BCUT2D eigenvalue weighted by Gasteiger charge is -2.11. The topological polar surface area (TPSA) is 26.3 Å². The Balaban J connectivity index is 2.35. The molecular formula is C14H12O2S. The number of rotatable bonds is 3. The van der Waals surface area contributed by atoms with Crippen LogP contribution in [0.3, 0.4) is 0 Å². The highest BCUT2D eigenvalue weighted by molar-refractivity contribution is 7.19. The second kappa shape index (κ2) is 5.03. The summed E-state index contributed by atoms with van der Waals surface area (Å²) in [6.45, 7) is 1.40. The van der Waals surface area contributed by atoms with Gasteiger partial charge < -0.3 is 4.74 Å². The molecular weight excluding hydrogens is 232 g/mol. The summed E-state index contributed by atoms with van der Waals surface area (Å²) in [6.07, 6.45) is 5.39. The summed E-state index contributed by atoms with van der Waals surface area (Å²) >= 11 is 1.61. The Hall–Kier alpha value is -1.79. The summed E-state index contributed by atoms with van der Waals surface area (Å²) in [6, 6.07) is 10.1. The third kappa shape index (κ3) is 2.66. The Morgan fingerprint density at radius 1 is 1.53 bits per heavy atom. The number of carbonyl (C=O) groups excluding carboxylic acids is 1. The highest BCUT2D eigenvalue weighted by Gasteiger charge is 2.16. The molecule has 2 rings (SSSR count). The van der Waals surface area contributed by atoms with E-state index in [1.165, 1.54) is 11.6 Å². The molecule has 1 heterocycles. The average Bonchev–Trinajstić information content (AvgIpc) is 2.71. The first kappa shape index (κ1) is 11.7. The maximum atomic E-state index is 11.0. The predicted molar refractivity (Wildman–Crippen MR) is 69.8 cm³/mol. The Morgan fingerprint density at radius 3 is 2.94 bits per heavy atom. The minimum absolute atomic E-state index is 0.303. The van der Waals surface area contributed by atoms with Crippen LogP contribution in [-0.2, 0) is 9.53 Å². The van der Waals surface area contributed by atoms with E-state index in [9.17, 15) is 4.79 Å². The summed E-state index contributed by atoms with van der Waals surface area (Å²) in [4.78, 5) is 12.0. The van der Waals surface area contributed by atoms with Crippen molar-refractivity contribution in [2.45, 2.75) is 19.4 Å². The summed E-state index contributed by atoms with van der Waals surface area (Å²) in [5, 5.41) is 1.15. The van der Waals surface area contributed by atoms with Crippen LogP contribution < -0.4 is 0 Å².